The van der Waals surface area contributed by atoms with Crippen LogP contribution in [-0.2, 0) is 0 Å². The zero-order chi connectivity index (χ0) is 9.54. The molecule has 1 aliphatic heterocycles. The van der Waals surface area contributed by atoms with Crippen molar-refractivity contribution in [1.29, 1.82) is 0 Å². The Hall–Kier alpha value is -1.82. The van der Waals surface area contributed by atoms with Crippen LogP contribution in [0, 0.1) is 0 Å². The molecule has 3 rings (SSSR count). The molecule has 6 heteroatoms. The Morgan fingerprint density at radius 2 is 2.00 bits per heavy atom. The molecule has 0 radical (unpaired) electrons. The van der Waals surface area contributed by atoms with Crippen molar-refractivity contribution in [3.05, 3.63) is 23.1 Å². The Kier molecular flexibility index (Phi) is 1.40. The van der Waals surface area contributed by atoms with Gasteiger partial charge in [-0.3, -0.25) is 9.97 Å². The summed E-state index contributed by atoms with van der Waals surface area (Å²) in [6, 6.07) is 0. The predicted octanol–water partition coefficient (Wildman–Crippen LogP) is -0.429. The molecule has 1 aromatic heterocycles. The molecule has 0 unspecified atom stereocenters. The molecule has 0 fully saturated rings. The molecule has 1 aliphatic carbocycles. The topological polar surface area (TPSA) is 62.9 Å². The largest absolute Gasteiger partial charge is 0.253 e. The van der Waals surface area contributed by atoms with Crippen LogP contribution in [0.5, 0.6) is 0 Å². The lowest BCUT2D eigenvalue weighted by Crippen LogP contribution is -2.39. The highest BCUT2D eigenvalue weighted by Crippen LogP contribution is 2.12. The molecule has 14 heavy (non-hydrogen) atoms. The van der Waals surface area contributed by atoms with Crippen LogP contribution in [0.15, 0.2) is 27.8 Å². The summed E-state index contributed by atoms with van der Waals surface area (Å²) in [4.78, 5) is 8.93. The highest BCUT2D eigenvalue weighted by Gasteiger charge is 2.21. The lowest BCUT2D eigenvalue weighted by atomic mass is 10.1. The average Bonchev–Trinajstić information content (AvgIpc) is 2.67. The Labute approximate surface area is 83.6 Å². The zero-order valence-electron chi connectivity index (χ0n) is 6.88. The first kappa shape index (κ1) is 7.57. The zero-order valence-corrected chi connectivity index (χ0v) is 7.69. The fourth-order valence-electron chi connectivity index (χ4n) is 1.36. The molecule has 0 saturated carbocycles. The average molecular weight is 201 g/mol. The smallest absolute Gasteiger partial charge is 0.144 e. The van der Waals surface area contributed by atoms with Crippen LogP contribution in [0.4, 0.5) is 0 Å². The van der Waals surface area contributed by atoms with Crippen molar-refractivity contribution in [3.8, 4) is 0 Å². The highest BCUT2D eigenvalue weighted by atomic mass is 32.1. The van der Waals surface area contributed by atoms with Crippen LogP contribution in [0.1, 0.15) is 0 Å². The van der Waals surface area contributed by atoms with Gasteiger partial charge in [0.15, 0.2) is 0 Å². The molecule has 1 aromatic rings. The van der Waals surface area contributed by atoms with Crippen LogP contribution in [-0.4, -0.2) is 20.5 Å². The van der Waals surface area contributed by atoms with E-state index in [0.29, 0.717) is 21.6 Å². The summed E-state index contributed by atoms with van der Waals surface area (Å²) < 4.78 is 0. The normalized spacial score (nSPS) is 17.3. The number of fused-ring (bicyclic) bond motifs is 2. The number of hydrogen-bond donors (Lipinski definition) is 0. The summed E-state index contributed by atoms with van der Waals surface area (Å²) in [6.45, 7) is 0. The maximum atomic E-state index is 5.12. The molecule has 0 bridgehead atoms. The summed E-state index contributed by atoms with van der Waals surface area (Å²) in [5.74, 6) is 0. The van der Waals surface area contributed by atoms with Gasteiger partial charge in [0.05, 0.1) is 10.2 Å². The third-order valence-corrected chi connectivity index (χ3v) is 2.28. The van der Waals surface area contributed by atoms with Gasteiger partial charge in [-0.05, 0) is 11.3 Å². The van der Waals surface area contributed by atoms with Crippen molar-refractivity contribution in [2.45, 2.75) is 0 Å². The number of hydrogen-bond acceptors (Lipinski definition) is 6. The second-order valence-electron chi connectivity index (χ2n) is 2.79. The lowest BCUT2D eigenvalue weighted by molar-refractivity contribution is 1.07. The Morgan fingerprint density at radius 1 is 1.14 bits per heavy atom. The summed E-state index contributed by atoms with van der Waals surface area (Å²) in [6.07, 6.45) is 4.99. The van der Waals surface area contributed by atoms with Gasteiger partial charge in [0.1, 0.15) is 16.8 Å². The summed E-state index contributed by atoms with van der Waals surface area (Å²) >= 11 is 5.12. The lowest BCUT2D eigenvalue weighted by Gasteiger charge is -2.02. The van der Waals surface area contributed by atoms with Crippen molar-refractivity contribution >= 4 is 34.6 Å². The van der Waals surface area contributed by atoms with Crippen molar-refractivity contribution in [2.24, 2.45) is 15.4 Å². The van der Waals surface area contributed by atoms with Gasteiger partial charge >= 0.3 is 0 Å². The van der Waals surface area contributed by atoms with Gasteiger partial charge in [-0.2, -0.15) is 0 Å². The van der Waals surface area contributed by atoms with Crippen molar-refractivity contribution in [2.75, 3.05) is 0 Å². The van der Waals surface area contributed by atoms with Gasteiger partial charge in [-0.15, -0.1) is 10.2 Å². The van der Waals surface area contributed by atoms with E-state index in [1.807, 2.05) is 0 Å². The second-order valence-corrected chi connectivity index (χ2v) is 3.23. The molecule has 66 valence electrons. The van der Waals surface area contributed by atoms with E-state index in [1.165, 1.54) is 0 Å². The molecular formula is C8H3N5S. The fourth-order valence-corrected chi connectivity index (χ4v) is 1.61. The first-order chi connectivity index (χ1) is 6.86. The molecule has 0 N–H and O–H groups in total. The van der Waals surface area contributed by atoms with Gasteiger partial charge in [0.2, 0.25) is 0 Å². The van der Waals surface area contributed by atoms with E-state index >= 15 is 0 Å². The second kappa shape index (κ2) is 2.58. The third-order valence-electron chi connectivity index (χ3n) is 1.97. The first-order valence-electron chi connectivity index (χ1n) is 3.93. The van der Waals surface area contributed by atoms with E-state index in [1.54, 1.807) is 18.5 Å². The van der Waals surface area contributed by atoms with Gasteiger partial charge in [-0.1, -0.05) is 12.2 Å². The third kappa shape index (κ3) is 0.882. The van der Waals surface area contributed by atoms with Crippen LogP contribution in [0.3, 0.4) is 0 Å². The SMILES string of the molecule is S=C1C=c2nccnc2=C2N=NN=C12. The number of aromatic nitrogens is 2. The number of nitrogens with zero attached hydrogens (tertiary/aromatic N) is 5. The van der Waals surface area contributed by atoms with E-state index < -0.39 is 0 Å². The van der Waals surface area contributed by atoms with Crippen molar-refractivity contribution in [3.63, 3.8) is 0 Å². The molecule has 0 aromatic carbocycles. The molecule has 2 heterocycles. The minimum absolute atomic E-state index is 0.609. The quantitative estimate of drug-likeness (QED) is 0.535. The molecular weight excluding hydrogens is 198 g/mol. The van der Waals surface area contributed by atoms with E-state index in [9.17, 15) is 0 Å². The predicted molar refractivity (Wildman–Crippen MR) is 54.0 cm³/mol. The van der Waals surface area contributed by atoms with Gasteiger partial charge in [0, 0.05) is 12.4 Å². The first-order valence-corrected chi connectivity index (χ1v) is 4.33. The fraction of sp³-hybridized carbons (Fsp3) is 0. The Balaban J connectivity index is 2.57. The van der Waals surface area contributed by atoms with Crippen LogP contribution in [0.25, 0.3) is 11.8 Å². The Bertz CT molecular complexity index is 613. The summed E-state index contributed by atoms with van der Waals surface area (Å²) in [7, 11) is 0. The molecule has 0 spiro atoms. The van der Waals surface area contributed by atoms with E-state index in [4.69, 9.17) is 12.2 Å². The van der Waals surface area contributed by atoms with Crippen molar-refractivity contribution < 1.29 is 0 Å². The van der Waals surface area contributed by atoms with Crippen LogP contribution < -0.4 is 10.7 Å². The van der Waals surface area contributed by atoms with Gasteiger partial charge in [0.25, 0.3) is 0 Å². The standard InChI is InChI=1S/C8H3N5S/c14-5-3-4-6(10-2-1-9-4)8-7(5)11-13-12-8/h1-3H. The maximum Gasteiger partial charge on any atom is 0.144 e. The molecule has 0 amide bonds. The van der Waals surface area contributed by atoms with E-state index in [2.05, 4.69) is 25.4 Å². The molecule has 2 aliphatic rings. The highest BCUT2D eigenvalue weighted by molar-refractivity contribution is 7.83. The molecule has 5 nitrogen and oxygen atoms in total. The van der Waals surface area contributed by atoms with Gasteiger partial charge < -0.3 is 0 Å². The Morgan fingerprint density at radius 3 is 2.93 bits per heavy atom. The van der Waals surface area contributed by atoms with E-state index in [-0.39, 0.29) is 0 Å². The minimum Gasteiger partial charge on any atom is -0.253 e. The monoisotopic (exact) mass is 201 g/mol. The van der Waals surface area contributed by atoms with Crippen molar-refractivity contribution in [1.82, 2.24) is 9.97 Å². The number of rotatable bonds is 0. The van der Waals surface area contributed by atoms with Crippen LogP contribution >= 0.6 is 12.2 Å². The number of thiocarbonyl (C=S) groups is 1. The van der Waals surface area contributed by atoms with E-state index in [0.717, 1.165) is 5.35 Å². The molecule has 0 atom stereocenters. The van der Waals surface area contributed by atoms with Gasteiger partial charge in [-0.25, -0.2) is 0 Å². The summed E-state index contributed by atoms with van der Waals surface area (Å²) in [5, 5.41) is 12.7. The minimum atomic E-state index is 0.609. The van der Waals surface area contributed by atoms with Crippen LogP contribution in [0.2, 0.25) is 0 Å². The maximum absolute atomic E-state index is 5.12. The summed E-state index contributed by atoms with van der Waals surface area (Å²) in [5.41, 5.74) is 1.24. The molecule has 0 saturated heterocycles.